The van der Waals surface area contributed by atoms with Crippen molar-refractivity contribution in [3.8, 4) is 0 Å². The SMILES string of the molecule is C=C1CC(C(=O)O)N(C=O)C(C(=O)O)(C(F)F)C1. The van der Waals surface area contributed by atoms with Gasteiger partial charge >= 0.3 is 11.9 Å². The molecule has 8 heteroatoms. The third-order valence-corrected chi connectivity index (χ3v) is 2.93. The molecule has 6 nitrogen and oxygen atoms in total. The summed E-state index contributed by atoms with van der Waals surface area (Å²) in [5.41, 5.74) is -2.80. The van der Waals surface area contributed by atoms with Crippen LogP contribution in [0.5, 0.6) is 0 Å². The van der Waals surface area contributed by atoms with E-state index in [2.05, 4.69) is 6.58 Å². The Morgan fingerprint density at radius 1 is 1.50 bits per heavy atom. The Bertz CT molecular complexity index is 411. The third kappa shape index (κ3) is 1.93. The van der Waals surface area contributed by atoms with Gasteiger partial charge < -0.3 is 15.1 Å². The lowest BCUT2D eigenvalue weighted by atomic mass is 9.81. The smallest absolute Gasteiger partial charge is 0.336 e. The molecular formula is C10H11F2NO5. The molecule has 0 aromatic heterocycles. The third-order valence-electron chi connectivity index (χ3n) is 2.93. The second-order valence-corrected chi connectivity index (χ2v) is 4.03. The zero-order valence-electron chi connectivity index (χ0n) is 9.18. The number of piperidine rings is 1. The van der Waals surface area contributed by atoms with Crippen molar-refractivity contribution in [1.29, 1.82) is 0 Å². The first kappa shape index (κ1) is 14.1. The van der Waals surface area contributed by atoms with E-state index in [9.17, 15) is 23.2 Å². The van der Waals surface area contributed by atoms with Crippen molar-refractivity contribution in [3.05, 3.63) is 12.2 Å². The Morgan fingerprint density at radius 3 is 2.39 bits per heavy atom. The summed E-state index contributed by atoms with van der Waals surface area (Å²) in [7, 11) is 0. The first-order valence-electron chi connectivity index (χ1n) is 4.92. The Kier molecular flexibility index (Phi) is 3.68. The summed E-state index contributed by atoms with van der Waals surface area (Å²) in [6.45, 7) is 3.37. The van der Waals surface area contributed by atoms with Crippen molar-refractivity contribution in [2.45, 2.75) is 30.8 Å². The van der Waals surface area contributed by atoms with E-state index in [1.807, 2.05) is 0 Å². The van der Waals surface area contributed by atoms with Crippen molar-refractivity contribution in [3.63, 3.8) is 0 Å². The minimum absolute atomic E-state index is 0.0585. The summed E-state index contributed by atoms with van der Waals surface area (Å²) < 4.78 is 26.1. The quantitative estimate of drug-likeness (QED) is 0.563. The molecular weight excluding hydrogens is 252 g/mol. The summed E-state index contributed by atoms with van der Waals surface area (Å²) in [5, 5.41) is 17.8. The predicted molar refractivity (Wildman–Crippen MR) is 54.1 cm³/mol. The van der Waals surface area contributed by atoms with E-state index in [0.717, 1.165) is 0 Å². The molecule has 1 amide bonds. The molecule has 18 heavy (non-hydrogen) atoms. The van der Waals surface area contributed by atoms with Gasteiger partial charge in [-0.25, -0.2) is 18.4 Å². The van der Waals surface area contributed by atoms with Crippen LogP contribution in [0.1, 0.15) is 12.8 Å². The second kappa shape index (κ2) is 4.71. The number of likely N-dealkylation sites (tertiary alicyclic amines) is 1. The fraction of sp³-hybridized carbons (Fsp3) is 0.500. The Labute approximate surface area is 100 Å². The lowest BCUT2D eigenvalue weighted by Crippen LogP contribution is -2.66. The number of carbonyl (C=O) groups is 3. The molecule has 1 saturated heterocycles. The van der Waals surface area contributed by atoms with Gasteiger partial charge in [0.2, 0.25) is 11.9 Å². The minimum atomic E-state index is -3.42. The zero-order valence-corrected chi connectivity index (χ0v) is 9.18. The van der Waals surface area contributed by atoms with E-state index in [-0.39, 0.29) is 23.3 Å². The summed E-state index contributed by atoms with van der Waals surface area (Å²) in [5.74, 6) is -3.49. The van der Waals surface area contributed by atoms with Gasteiger partial charge in [-0.3, -0.25) is 4.79 Å². The predicted octanol–water partition coefficient (Wildman–Crippen LogP) is 0.336. The van der Waals surface area contributed by atoms with Crippen LogP contribution in [-0.2, 0) is 14.4 Å². The van der Waals surface area contributed by atoms with Crippen LogP contribution in [0.3, 0.4) is 0 Å². The number of carboxylic acids is 2. The highest BCUT2D eigenvalue weighted by molar-refractivity contribution is 5.87. The van der Waals surface area contributed by atoms with Crippen LogP contribution >= 0.6 is 0 Å². The molecule has 1 rings (SSSR count). The average molecular weight is 263 g/mol. The van der Waals surface area contributed by atoms with Crippen LogP contribution in [0, 0.1) is 0 Å². The van der Waals surface area contributed by atoms with Crippen molar-refractivity contribution >= 4 is 18.3 Å². The molecule has 0 aromatic carbocycles. The molecule has 2 unspecified atom stereocenters. The van der Waals surface area contributed by atoms with Crippen LogP contribution < -0.4 is 0 Å². The number of amides is 1. The normalized spacial score (nSPS) is 28.3. The first-order valence-corrected chi connectivity index (χ1v) is 4.92. The van der Waals surface area contributed by atoms with Crippen LogP contribution in [0.25, 0.3) is 0 Å². The summed E-state index contributed by atoms with van der Waals surface area (Å²) in [6, 6.07) is -1.64. The number of halogens is 2. The highest BCUT2D eigenvalue weighted by Crippen LogP contribution is 2.38. The van der Waals surface area contributed by atoms with Gasteiger partial charge in [-0.15, -0.1) is 0 Å². The average Bonchev–Trinajstić information content (AvgIpc) is 2.26. The molecule has 1 fully saturated rings. The number of rotatable bonds is 4. The fourth-order valence-electron chi connectivity index (χ4n) is 2.04. The van der Waals surface area contributed by atoms with Crippen molar-refractivity contribution in [2.75, 3.05) is 0 Å². The van der Waals surface area contributed by atoms with E-state index in [4.69, 9.17) is 10.2 Å². The largest absolute Gasteiger partial charge is 0.480 e. The van der Waals surface area contributed by atoms with E-state index in [1.54, 1.807) is 0 Å². The Balaban J connectivity index is 3.36. The molecule has 1 aliphatic heterocycles. The lowest BCUT2D eigenvalue weighted by Gasteiger charge is -2.45. The molecule has 0 saturated carbocycles. The van der Waals surface area contributed by atoms with Crippen molar-refractivity contribution < 1.29 is 33.4 Å². The maximum atomic E-state index is 13.1. The van der Waals surface area contributed by atoms with E-state index >= 15 is 0 Å². The molecule has 2 N–H and O–H groups in total. The van der Waals surface area contributed by atoms with Gasteiger partial charge in [-0.1, -0.05) is 12.2 Å². The van der Waals surface area contributed by atoms with Crippen molar-refractivity contribution in [2.24, 2.45) is 0 Å². The number of hydrogen-bond donors (Lipinski definition) is 2. The molecule has 0 aliphatic carbocycles. The van der Waals surface area contributed by atoms with Gasteiger partial charge in [0.1, 0.15) is 6.04 Å². The number of aliphatic carboxylic acids is 2. The van der Waals surface area contributed by atoms with Gasteiger partial charge in [0, 0.05) is 6.42 Å². The minimum Gasteiger partial charge on any atom is -0.480 e. The van der Waals surface area contributed by atoms with Gasteiger partial charge in [0.15, 0.2) is 0 Å². The van der Waals surface area contributed by atoms with Gasteiger partial charge in [0.05, 0.1) is 0 Å². The van der Waals surface area contributed by atoms with Gasteiger partial charge in [-0.2, -0.15) is 0 Å². The number of nitrogens with zero attached hydrogens (tertiary/aromatic N) is 1. The van der Waals surface area contributed by atoms with Gasteiger partial charge in [0.25, 0.3) is 6.43 Å². The molecule has 0 bridgehead atoms. The molecule has 1 aliphatic rings. The second-order valence-electron chi connectivity index (χ2n) is 4.03. The number of carbonyl (C=O) groups excluding carboxylic acids is 1. The van der Waals surface area contributed by atoms with Crippen LogP contribution in [0.15, 0.2) is 12.2 Å². The van der Waals surface area contributed by atoms with E-state index in [1.165, 1.54) is 0 Å². The fourth-order valence-corrected chi connectivity index (χ4v) is 2.04. The zero-order chi connectivity index (χ0) is 14.1. The first-order chi connectivity index (χ1) is 8.27. The van der Waals surface area contributed by atoms with Crippen LogP contribution in [0.2, 0.25) is 0 Å². The number of hydrogen-bond acceptors (Lipinski definition) is 3. The molecule has 0 spiro atoms. The highest BCUT2D eigenvalue weighted by atomic mass is 19.3. The molecule has 0 aromatic rings. The lowest BCUT2D eigenvalue weighted by molar-refractivity contribution is -0.178. The number of carboxylic acid groups (broad SMARTS) is 2. The topological polar surface area (TPSA) is 94.9 Å². The van der Waals surface area contributed by atoms with Crippen molar-refractivity contribution in [1.82, 2.24) is 4.90 Å². The molecule has 100 valence electrons. The molecule has 1 heterocycles. The Hall–Kier alpha value is -1.99. The summed E-state index contributed by atoms with van der Waals surface area (Å²) >= 11 is 0. The monoisotopic (exact) mass is 263 g/mol. The van der Waals surface area contributed by atoms with E-state index in [0.29, 0.717) is 0 Å². The van der Waals surface area contributed by atoms with E-state index < -0.39 is 36.4 Å². The molecule has 2 atom stereocenters. The molecule has 0 radical (unpaired) electrons. The summed E-state index contributed by atoms with van der Waals surface area (Å²) in [4.78, 5) is 33.0. The maximum Gasteiger partial charge on any atom is 0.336 e. The maximum absolute atomic E-state index is 13.1. The van der Waals surface area contributed by atoms with Crippen LogP contribution in [0.4, 0.5) is 8.78 Å². The van der Waals surface area contributed by atoms with Gasteiger partial charge in [-0.05, 0) is 6.42 Å². The Morgan fingerprint density at radius 2 is 2.06 bits per heavy atom. The number of alkyl halides is 2. The standard InChI is InChI=1S/C10H11F2NO5/c1-5-2-6(7(15)16)13(4-14)10(3-5,8(11)12)9(17)18/h4,6,8H,1-3H2,(H,15,16)(H,17,18). The highest BCUT2D eigenvalue weighted by Gasteiger charge is 2.58. The summed E-state index contributed by atoms with van der Waals surface area (Å²) in [6.07, 6.45) is -4.48. The van der Waals surface area contributed by atoms with Crippen LogP contribution in [-0.4, -0.2) is 51.5 Å².